The summed E-state index contributed by atoms with van der Waals surface area (Å²) in [6.07, 6.45) is 3.07. The summed E-state index contributed by atoms with van der Waals surface area (Å²) in [5.41, 5.74) is -0.483. The quantitative estimate of drug-likeness (QED) is 0.691. The van der Waals surface area contributed by atoms with Crippen LogP contribution in [0.3, 0.4) is 0 Å². The molecule has 0 N–H and O–H groups in total. The lowest BCUT2D eigenvalue weighted by Gasteiger charge is -2.37. The number of nitrogens with zero attached hydrogens (tertiary/aromatic N) is 1. The standard InChI is InChI=1S/C13H21NO2/c1-4-16-12(15)8-13(9-14)6-10(2)5-11(3)7-13/h10-11H,4-8H2,1-3H3. The average molecular weight is 223 g/mol. The van der Waals surface area contributed by atoms with Crippen LogP contribution in [-0.2, 0) is 9.53 Å². The summed E-state index contributed by atoms with van der Waals surface area (Å²) in [4.78, 5) is 11.5. The van der Waals surface area contributed by atoms with Gasteiger partial charge < -0.3 is 4.74 Å². The molecule has 0 aromatic rings. The van der Waals surface area contributed by atoms with Crippen LogP contribution in [0.1, 0.15) is 46.5 Å². The van der Waals surface area contributed by atoms with E-state index in [4.69, 9.17) is 4.74 Å². The molecular weight excluding hydrogens is 202 g/mol. The van der Waals surface area contributed by atoms with Crippen LogP contribution >= 0.6 is 0 Å². The van der Waals surface area contributed by atoms with Crippen LogP contribution in [0.25, 0.3) is 0 Å². The van der Waals surface area contributed by atoms with E-state index in [1.165, 1.54) is 0 Å². The Bertz CT molecular complexity index is 283. The third-order valence-corrected chi connectivity index (χ3v) is 3.31. The summed E-state index contributed by atoms with van der Waals surface area (Å²) in [7, 11) is 0. The Balaban J connectivity index is 2.70. The van der Waals surface area contributed by atoms with E-state index >= 15 is 0 Å². The van der Waals surface area contributed by atoms with Crippen molar-refractivity contribution in [2.75, 3.05) is 6.61 Å². The van der Waals surface area contributed by atoms with Gasteiger partial charge in [0.25, 0.3) is 0 Å². The minimum absolute atomic E-state index is 0.231. The van der Waals surface area contributed by atoms with Crippen LogP contribution in [0.5, 0.6) is 0 Å². The zero-order valence-corrected chi connectivity index (χ0v) is 10.5. The third-order valence-electron chi connectivity index (χ3n) is 3.31. The molecule has 1 aliphatic rings. The lowest BCUT2D eigenvalue weighted by Crippen LogP contribution is -2.33. The first-order valence-electron chi connectivity index (χ1n) is 6.08. The molecule has 0 aliphatic heterocycles. The summed E-state index contributed by atoms with van der Waals surface area (Å²) in [6.45, 7) is 6.51. The fourth-order valence-electron chi connectivity index (χ4n) is 3.03. The zero-order chi connectivity index (χ0) is 12.2. The highest BCUT2D eigenvalue weighted by atomic mass is 16.5. The molecule has 0 aromatic heterocycles. The number of carbonyl (C=O) groups is 1. The van der Waals surface area contributed by atoms with Crippen molar-refractivity contribution in [2.45, 2.75) is 46.5 Å². The second-order valence-corrected chi connectivity index (χ2v) is 5.23. The van der Waals surface area contributed by atoms with Gasteiger partial charge in [0.1, 0.15) is 0 Å². The van der Waals surface area contributed by atoms with Crippen molar-refractivity contribution in [3.8, 4) is 6.07 Å². The van der Waals surface area contributed by atoms with E-state index in [1.807, 2.05) is 0 Å². The number of hydrogen-bond acceptors (Lipinski definition) is 3. The number of rotatable bonds is 3. The van der Waals surface area contributed by atoms with E-state index < -0.39 is 5.41 Å². The van der Waals surface area contributed by atoms with Gasteiger partial charge >= 0.3 is 5.97 Å². The predicted octanol–water partition coefficient (Wildman–Crippen LogP) is 2.91. The molecule has 1 aliphatic carbocycles. The van der Waals surface area contributed by atoms with Gasteiger partial charge in [0.15, 0.2) is 0 Å². The van der Waals surface area contributed by atoms with Crippen LogP contribution in [0.15, 0.2) is 0 Å². The van der Waals surface area contributed by atoms with Gasteiger partial charge in [-0.05, 0) is 38.0 Å². The molecule has 0 heterocycles. The fraction of sp³-hybridized carbons (Fsp3) is 0.846. The third kappa shape index (κ3) is 3.23. The van der Waals surface area contributed by atoms with E-state index in [1.54, 1.807) is 6.92 Å². The van der Waals surface area contributed by atoms with Gasteiger partial charge in [0.05, 0.1) is 24.5 Å². The van der Waals surface area contributed by atoms with Crippen LogP contribution < -0.4 is 0 Å². The number of hydrogen-bond donors (Lipinski definition) is 0. The van der Waals surface area contributed by atoms with Crippen molar-refractivity contribution in [1.29, 1.82) is 5.26 Å². The summed E-state index contributed by atoms with van der Waals surface area (Å²) in [5.74, 6) is 0.820. The summed E-state index contributed by atoms with van der Waals surface area (Å²) in [5, 5.41) is 9.34. The Morgan fingerprint density at radius 3 is 2.44 bits per heavy atom. The highest BCUT2D eigenvalue weighted by Crippen LogP contribution is 2.44. The van der Waals surface area contributed by atoms with E-state index in [-0.39, 0.29) is 12.4 Å². The molecule has 0 aromatic carbocycles. The van der Waals surface area contributed by atoms with Gasteiger partial charge in [-0.2, -0.15) is 5.26 Å². The zero-order valence-electron chi connectivity index (χ0n) is 10.5. The molecular formula is C13H21NO2. The lowest BCUT2D eigenvalue weighted by molar-refractivity contribution is -0.145. The molecule has 3 nitrogen and oxygen atoms in total. The van der Waals surface area contributed by atoms with Crippen LogP contribution in [0, 0.1) is 28.6 Å². The molecule has 3 heteroatoms. The minimum atomic E-state index is -0.483. The molecule has 0 radical (unpaired) electrons. The van der Waals surface area contributed by atoms with Gasteiger partial charge in [-0.15, -0.1) is 0 Å². The summed E-state index contributed by atoms with van der Waals surface area (Å²) >= 11 is 0. The molecule has 90 valence electrons. The first-order valence-corrected chi connectivity index (χ1v) is 6.08. The van der Waals surface area contributed by atoms with Crippen molar-refractivity contribution in [3.05, 3.63) is 0 Å². The maximum atomic E-state index is 11.5. The number of ether oxygens (including phenoxy) is 1. The Labute approximate surface area is 97.8 Å². The smallest absolute Gasteiger partial charge is 0.307 e. The second-order valence-electron chi connectivity index (χ2n) is 5.23. The van der Waals surface area contributed by atoms with E-state index in [0.717, 1.165) is 19.3 Å². The molecule has 0 spiro atoms. The van der Waals surface area contributed by atoms with Gasteiger partial charge in [-0.1, -0.05) is 13.8 Å². The van der Waals surface area contributed by atoms with Crippen LogP contribution in [0.4, 0.5) is 0 Å². The maximum Gasteiger partial charge on any atom is 0.307 e. The number of carbonyl (C=O) groups excluding carboxylic acids is 1. The van der Waals surface area contributed by atoms with Gasteiger partial charge in [-0.25, -0.2) is 0 Å². The van der Waals surface area contributed by atoms with E-state index in [0.29, 0.717) is 18.4 Å². The molecule has 0 amide bonds. The summed E-state index contributed by atoms with van der Waals surface area (Å²) < 4.78 is 4.95. The number of esters is 1. The second kappa shape index (κ2) is 5.34. The SMILES string of the molecule is CCOC(=O)CC1(C#N)CC(C)CC(C)C1. The Hall–Kier alpha value is -1.04. The Morgan fingerprint density at radius 2 is 2.00 bits per heavy atom. The Morgan fingerprint density at radius 1 is 1.44 bits per heavy atom. The first-order chi connectivity index (χ1) is 7.51. The monoisotopic (exact) mass is 223 g/mol. The van der Waals surface area contributed by atoms with E-state index in [9.17, 15) is 10.1 Å². The van der Waals surface area contributed by atoms with Crippen molar-refractivity contribution in [2.24, 2.45) is 17.3 Å². The lowest BCUT2D eigenvalue weighted by atomic mass is 9.65. The van der Waals surface area contributed by atoms with Gasteiger partial charge in [-0.3, -0.25) is 4.79 Å². The van der Waals surface area contributed by atoms with Crippen molar-refractivity contribution in [1.82, 2.24) is 0 Å². The fourth-order valence-corrected chi connectivity index (χ4v) is 3.03. The molecule has 1 fully saturated rings. The maximum absolute atomic E-state index is 11.5. The molecule has 0 bridgehead atoms. The molecule has 2 atom stereocenters. The van der Waals surface area contributed by atoms with Gasteiger partial charge in [0.2, 0.25) is 0 Å². The van der Waals surface area contributed by atoms with Crippen LogP contribution in [-0.4, -0.2) is 12.6 Å². The van der Waals surface area contributed by atoms with Crippen molar-refractivity contribution < 1.29 is 9.53 Å². The molecule has 1 rings (SSSR count). The number of nitriles is 1. The molecule has 0 saturated heterocycles. The largest absolute Gasteiger partial charge is 0.466 e. The summed E-state index contributed by atoms with van der Waals surface area (Å²) in [6, 6.07) is 2.37. The first kappa shape index (κ1) is 13.0. The van der Waals surface area contributed by atoms with Crippen LogP contribution in [0.2, 0.25) is 0 Å². The molecule has 16 heavy (non-hydrogen) atoms. The molecule has 1 saturated carbocycles. The van der Waals surface area contributed by atoms with Gasteiger partial charge in [0, 0.05) is 0 Å². The van der Waals surface area contributed by atoms with E-state index in [2.05, 4.69) is 19.9 Å². The predicted molar refractivity (Wildman–Crippen MR) is 61.5 cm³/mol. The Kier molecular flexibility index (Phi) is 4.35. The highest BCUT2D eigenvalue weighted by Gasteiger charge is 2.40. The topological polar surface area (TPSA) is 50.1 Å². The molecule has 2 unspecified atom stereocenters. The van der Waals surface area contributed by atoms with Crippen molar-refractivity contribution >= 4 is 5.97 Å². The van der Waals surface area contributed by atoms with Crippen molar-refractivity contribution in [3.63, 3.8) is 0 Å². The normalized spacial score (nSPS) is 34.1. The average Bonchev–Trinajstić information content (AvgIpc) is 2.16. The minimum Gasteiger partial charge on any atom is -0.466 e. The highest BCUT2D eigenvalue weighted by molar-refractivity contribution is 5.70.